The maximum absolute atomic E-state index is 13.1. The van der Waals surface area contributed by atoms with Gasteiger partial charge in [-0.3, -0.25) is 14.4 Å². The molecule has 1 atom stereocenters. The molecular formula is C17H18FN3O5. The van der Waals surface area contributed by atoms with E-state index in [1.165, 1.54) is 43.5 Å². The van der Waals surface area contributed by atoms with Gasteiger partial charge in [-0.25, -0.2) is 9.07 Å². The van der Waals surface area contributed by atoms with E-state index in [0.29, 0.717) is 5.56 Å². The van der Waals surface area contributed by atoms with E-state index >= 15 is 0 Å². The van der Waals surface area contributed by atoms with E-state index in [9.17, 15) is 18.8 Å². The van der Waals surface area contributed by atoms with Crippen molar-refractivity contribution in [3.05, 3.63) is 63.8 Å². The van der Waals surface area contributed by atoms with Gasteiger partial charge in [-0.2, -0.15) is 5.10 Å². The van der Waals surface area contributed by atoms with Gasteiger partial charge in [0.15, 0.2) is 0 Å². The predicted octanol–water partition coefficient (Wildman–Crippen LogP) is 0.975. The Kier molecular flexibility index (Phi) is 6.56. The van der Waals surface area contributed by atoms with Gasteiger partial charge in [0.05, 0.1) is 25.6 Å². The molecule has 0 saturated carbocycles. The summed E-state index contributed by atoms with van der Waals surface area (Å²) in [6, 6.07) is 6.73. The van der Waals surface area contributed by atoms with Gasteiger partial charge in [0.25, 0.3) is 11.5 Å². The summed E-state index contributed by atoms with van der Waals surface area (Å²) >= 11 is 0. The Morgan fingerprint density at radius 1 is 1.27 bits per heavy atom. The van der Waals surface area contributed by atoms with Crippen molar-refractivity contribution < 1.29 is 23.8 Å². The molecule has 2 N–H and O–H groups in total. The van der Waals surface area contributed by atoms with Crippen LogP contribution in [0.3, 0.4) is 0 Å². The third-order valence-corrected chi connectivity index (χ3v) is 3.56. The number of carbonyl (C=O) groups excluding carboxylic acids is 1. The standard InChI is InChI=1S/C17H18FN3O5/c1-26-9-8-21-15(22)7-6-13(20-21)17(25)19-14(10-16(23)24)11-2-4-12(18)5-3-11/h2-7,14H,8-10H2,1H3,(H,19,25)(H,23,24). The van der Waals surface area contributed by atoms with Crippen LogP contribution in [0.25, 0.3) is 0 Å². The van der Waals surface area contributed by atoms with Gasteiger partial charge >= 0.3 is 5.97 Å². The molecule has 1 unspecified atom stereocenters. The van der Waals surface area contributed by atoms with Crippen molar-refractivity contribution >= 4 is 11.9 Å². The lowest BCUT2D eigenvalue weighted by Gasteiger charge is -2.17. The highest BCUT2D eigenvalue weighted by Gasteiger charge is 2.20. The van der Waals surface area contributed by atoms with Crippen molar-refractivity contribution in [2.45, 2.75) is 19.0 Å². The first kappa shape index (κ1) is 19.3. The first-order chi connectivity index (χ1) is 12.4. The van der Waals surface area contributed by atoms with E-state index < -0.39 is 23.7 Å². The van der Waals surface area contributed by atoms with Gasteiger partial charge in [0.2, 0.25) is 0 Å². The number of carbonyl (C=O) groups is 2. The van der Waals surface area contributed by atoms with Gasteiger partial charge in [-0.15, -0.1) is 0 Å². The Balaban J connectivity index is 2.22. The zero-order valence-corrected chi connectivity index (χ0v) is 14.0. The number of rotatable bonds is 8. The number of carboxylic acid groups (broad SMARTS) is 1. The Labute approximate surface area is 148 Å². The van der Waals surface area contributed by atoms with E-state index in [2.05, 4.69) is 10.4 Å². The highest BCUT2D eigenvalue weighted by Crippen LogP contribution is 2.18. The summed E-state index contributed by atoms with van der Waals surface area (Å²) < 4.78 is 19.0. The van der Waals surface area contributed by atoms with Crippen LogP contribution < -0.4 is 10.9 Å². The average Bonchev–Trinajstić information content (AvgIpc) is 2.60. The fourth-order valence-corrected chi connectivity index (χ4v) is 2.26. The summed E-state index contributed by atoms with van der Waals surface area (Å²) in [5.74, 6) is -2.24. The number of carboxylic acids is 1. The molecule has 1 heterocycles. The molecule has 0 aliphatic carbocycles. The van der Waals surface area contributed by atoms with E-state index in [0.717, 1.165) is 4.68 Å². The molecule has 9 heteroatoms. The maximum atomic E-state index is 13.1. The first-order valence-electron chi connectivity index (χ1n) is 7.76. The molecule has 0 aliphatic rings. The fourth-order valence-electron chi connectivity index (χ4n) is 2.26. The summed E-state index contributed by atoms with van der Waals surface area (Å²) in [5, 5.41) is 15.6. The van der Waals surface area contributed by atoms with Gasteiger partial charge in [-0.1, -0.05) is 12.1 Å². The first-order valence-corrected chi connectivity index (χ1v) is 7.76. The smallest absolute Gasteiger partial charge is 0.305 e. The second-order valence-electron chi connectivity index (χ2n) is 5.45. The third kappa shape index (κ3) is 5.21. The molecule has 0 aliphatic heterocycles. The lowest BCUT2D eigenvalue weighted by molar-refractivity contribution is -0.137. The van der Waals surface area contributed by atoms with E-state index in [1.807, 2.05) is 0 Å². The molecule has 138 valence electrons. The van der Waals surface area contributed by atoms with Crippen molar-refractivity contribution in [3.8, 4) is 0 Å². The number of hydrogen-bond donors (Lipinski definition) is 2. The Morgan fingerprint density at radius 3 is 2.58 bits per heavy atom. The van der Waals surface area contributed by atoms with Crippen LogP contribution in [-0.2, 0) is 16.1 Å². The average molecular weight is 363 g/mol. The molecule has 0 bridgehead atoms. The van der Waals surface area contributed by atoms with Gasteiger partial charge < -0.3 is 15.2 Å². The van der Waals surface area contributed by atoms with Gasteiger partial charge in [-0.05, 0) is 23.8 Å². The summed E-state index contributed by atoms with van der Waals surface area (Å²) in [6.07, 6.45) is -0.388. The van der Waals surface area contributed by atoms with Crippen molar-refractivity contribution in [1.29, 1.82) is 0 Å². The molecule has 0 spiro atoms. The Morgan fingerprint density at radius 2 is 1.96 bits per heavy atom. The Hall–Kier alpha value is -3.07. The lowest BCUT2D eigenvalue weighted by atomic mass is 10.0. The minimum Gasteiger partial charge on any atom is -0.481 e. The molecule has 1 amide bonds. The van der Waals surface area contributed by atoms with Crippen LogP contribution in [0, 0.1) is 5.82 Å². The molecule has 0 fully saturated rings. The summed E-state index contributed by atoms with van der Waals surface area (Å²) in [7, 11) is 1.47. The van der Waals surface area contributed by atoms with Gasteiger partial charge in [0, 0.05) is 13.2 Å². The van der Waals surface area contributed by atoms with Gasteiger partial charge in [0.1, 0.15) is 11.5 Å². The van der Waals surface area contributed by atoms with Crippen LogP contribution in [0.15, 0.2) is 41.2 Å². The van der Waals surface area contributed by atoms with Crippen LogP contribution in [0.2, 0.25) is 0 Å². The largest absolute Gasteiger partial charge is 0.481 e. The minimum absolute atomic E-state index is 0.0433. The molecule has 2 rings (SSSR count). The van der Waals surface area contributed by atoms with Crippen molar-refractivity contribution in [3.63, 3.8) is 0 Å². The number of amides is 1. The van der Waals surface area contributed by atoms with Crippen LogP contribution in [0.5, 0.6) is 0 Å². The van der Waals surface area contributed by atoms with Crippen LogP contribution in [-0.4, -0.2) is 40.5 Å². The van der Waals surface area contributed by atoms with Crippen LogP contribution in [0.1, 0.15) is 28.5 Å². The number of methoxy groups -OCH3 is 1. The zero-order valence-electron chi connectivity index (χ0n) is 14.0. The molecule has 0 saturated heterocycles. The molecular weight excluding hydrogens is 345 g/mol. The van der Waals surface area contributed by atoms with E-state index in [-0.39, 0.29) is 30.8 Å². The topological polar surface area (TPSA) is 111 Å². The highest BCUT2D eigenvalue weighted by molar-refractivity contribution is 5.92. The predicted molar refractivity (Wildman–Crippen MR) is 89.2 cm³/mol. The number of aliphatic carboxylic acids is 1. The second kappa shape index (κ2) is 8.86. The number of aromatic nitrogens is 2. The molecule has 8 nitrogen and oxygen atoms in total. The number of nitrogens with one attached hydrogen (secondary N) is 1. The number of nitrogens with zero attached hydrogens (tertiary/aromatic N) is 2. The van der Waals surface area contributed by atoms with E-state index in [1.54, 1.807) is 0 Å². The minimum atomic E-state index is -1.13. The SMILES string of the molecule is COCCn1nc(C(=O)NC(CC(=O)O)c2ccc(F)cc2)ccc1=O. The number of hydrogen-bond acceptors (Lipinski definition) is 5. The lowest BCUT2D eigenvalue weighted by Crippen LogP contribution is -2.33. The Bertz CT molecular complexity index is 835. The quantitative estimate of drug-likeness (QED) is 0.723. The molecule has 1 aromatic heterocycles. The number of halogens is 1. The number of benzene rings is 1. The highest BCUT2D eigenvalue weighted by atomic mass is 19.1. The van der Waals surface area contributed by atoms with E-state index in [4.69, 9.17) is 9.84 Å². The van der Waals surface area contributed by atoms with Crippen molar-refractivity contribution in [1.82, 2.24) is 15.1 Å². The summed E-state index contributed by atoms with van der Waals surface area (Å²) in [6.45, 7) is 0.419. The van der Waals surface area contributed by atoms with Crippen molar-refractivity contribution in [2.24, 2.45) is 0 Å². The normalized spacial score (nSPS) is 11.8. The monoisotopic (exact) mass is 363 g/mol. The molecule has 0 radical (unpaired) electrons. The summed E-state index contributed by atoms with van der Waals surface area (Å²) in [5.41, 5.74) is 0.00674. The fraction of sp³-hybridized carbons (Fsp3) is 0.294. The van der Waals surface area contributed by atoms with Crippen LogP contribution >= 0.6 is 0 Å². The summed E-state index contributed by atoms with van der Waals surface area (Å²) in [4.78, 5) is 35.2. The molecule has 26 heavy (non-hydrogen) atoms. The number of ether oxygens (including phenoxy) is 1. The molecule has 1 aromatic carbocycles. The molecule has 2 aromatic rings. The van der Waals surface area contributed by atoms with Crippen LogP contribution in [0.4, 0.5) is 4.39 Å². The maximum Gasteiger partial charge on any atom is 0.305 e. The van der Waals surface area contributed by atoms with Crippen molar-refractivity contribution in [2.75, 3.05) is 13.7 Å². The second-order valence-corrected chi connectivity index (χ2v) is 5.45. The third-order valence-electron chi connectivity index (χ3n) is 3.56. The zero-order chi connectivity index (χ0) is 19.1.